The van der Waals surface area contributed by atoms with Gasteiger partial charge in [-0.15, -0.1) is 0 Å². The topological polar surface area (TPSA) is 78.9 Å². The maximum Gasteiger partial charge on any atom is 0.151 e. The molecule has 6 aromatic rings. The van der Waals surface area contributed by atoms with E-state index in [0.29, 0.717) is 31.8 Å². The molecular formula is C48H51O6P3. The predicted molar refractivity (Wildman–Crippen MR) is 237 cm³/mol. The highest BCUT2D eigenvalue weighted by Crippen LogP contribution is 2.77. The second-order valence-corrected chi connectivity index (χ2v) is 24.9. The summed E-state index contributed by atoms with van der Waals surface area (Å²) in [7, 11) is -6.61. The van der Waals surface area contributed by atoms with Gasteiger partial charge >= 0.3 is 0 Å². The number of ether oxygens (including phenoxy) is 3. The Kier molecular flexibility index (Phi) is 12.3. The van der Waals surface area contributed by atoms with Crippen LogP contribution in [0.4, 0.5) is 0 Å². The summed E-state index contributed by atoms with van der Waals surface area (Å²) in [5, 5.41) is 0.0574. The van der Waals surface area contributed by atoms with Gasteiger partial charge in [0.05, 0.1) is 35.3 Å². The van der Waals surface area contributed by atoms with Gasteiger partial charge in [0, 0.05) is 53.2 Å². The van der Waals surface area contributed by atoms with Gasteiger partial charge in [0.2, 0.25) is 0 Å². The summed E-state index contributed by atoms with van der Waals surface area (Å²) < 4.78 is 71.0. The number of methoxy groups -OCH3 is 3. The van der Waals surface area contributed by atoms with Crippen LogP contribution in [0, 0.1) is 0 Å². The molecule has 0 amide bonds. The number of hydrogen-bond acceptors (Lipinski definition) is 6. The van der Waals surface area contributed by atoms with Crippen LogP contribution in [0.15, 0.2) is 182 Å². The van der Waals surface area contributed by atoms with Gasteiger partial charge in [0.15, 0.2) is 21.4 Å². The van der Waals surface area contributed by atoms with Crippen molar-refractivity contribution in [3.8, 4) is 0 Å². The fraction of sp³-hybridized carbons (Fsp3) is 0.250. The summed E-state index contributed by atoms with van der Waals surface area (Å²) in [6, 6.07) is 57.6. The third kappa shape index (κ3) is 6.89. The predicted octanol–water partition coefficient (Wildman–Crippen LogP) is 8.37. The Bertz CT molecular complexity index is 1950. The minimum atomic E-state index is -3.84. The molecule has 294 valence electrons. The zero-order valence-corrected chi connectivity index (χ0v) is 35.5. The van der Waals surface area contributed by atoms with E-state index in [4.69, 9.17) is 14.2 Å². The van der Waals surface area contributed by atoms with Gasteiger partial charge in [0.25, 0.3) is 0 Å². The molecule has 0 heterocycles. The Hall–Kier alpha value is -4.11. The van der Waals surface area contributed by atoms with Crippen LogP contribution >= 0.6 is 21.4 Å². The van der Waals surface area contributed by atoms with Crippen LogP contribution in [0.25, 0.3) is 0 Å². The Morgan fingerprint density at radius 2 is 0.491 bits per heavy atom. The lowest BCUT2D eigenvalue weighted by Gasteiger charge is -2.60. The summed E-state index contributed by atoms with van der Waals surface area (Å²) in [5.41, 5.74) is 0. The maximum absolute atomic E-state index is 17.3. The van der Waals surface area contributed by atoms with E-state index >= 15 is 13.7 Å². The van der Waals surface area contributed by atoms with Crippen LogP contribution in [-0.2, 0) is 27.9 Å². The van der Waals surface area contributed by atoms with Gasteiger partial charge < -0.3 is 27.9 Å². The molecule has 6 aromatic carbocycles. The maximum atomic E-state index is 17.3. The zero-order valence-electron chi connectivity index (χ0n) is 32.9. The smallest absolute Gasteiger partial charge is 0.151 e. The first-order valence-corrected chi connectivity index (χ1v) is 24.4. The molecule has 1 aliphatic carbocycles. The van der Waals surface area contributed by atoms with Crippen molar-refractivity contribution in [2.75, 3.05) is 41.2 Å². The van der Waals surface area contributed by atoms with E-state index in [1.807, 2.05) is 182 Å². The lowest BCUT2D eigenvalue weighted by molar-refractivity contribution is 0.0593. The molecule has 0 spiro atoms. The zero-order chi connectivity index (χ0) is 40.0. The molecule has 0 N–H and O–H groups in total. The lowest BCUT2D eigenvalue weighted by Crippen LogP contribution is -2.64. The Morgan fingerprint density at radius 1 is 0.333 bits per heavy atom. The van der Waals surface area contributed by atoms with Crippen molar-refractivity contribution in [2.45, 2.75) is 34.7 Å². The SMILES string of the molecule is COCC1(P(=O)(c2ccccc2)c2ccccc2)CC(COC)(P(=O)(c2ccccc2)c2ccccc2)CC(COC)(P(=O)(c2ccccc2)c2ccccc2)C1. The molecule has 0 aromatic heterocycles. The van der Waals surface area contributed by atoms with E-state index in [0.717, 1.165) is 0 Å². The van der Waals surface area contributed by atoms with E-state index in [9.17, 15) is 0 Å². The molecule has 0 saturated heterocycles. The summed E-state index contributed by atoms with van der Waals surface area (Å²) in [4.78, 5) is 0. The largest absolute Gasteiger partial charge is 0.384 e. The van der Waals surface area contributed by atoms with Crippen LogP contribution in [0.1, 0.15) is 19.3 Å². The van der Waals surface area contributed by atoms with Crippen LogP contribution < -0.4 is 31.8 Å². The third-order valence-electron chi connectivity index (χ3n) is 11.9. The summed E-state index contributed by atoms with van der Waals surface area (Å²) >= 11 is 0. The highest BCUT2D eigenvalue weighted by Gasteiger charge is 2.70. The van der Waals surface area contributed by atoms with Crippen LogP contribution in [0.5, 0.6) is 0 Å². The molecular weight excluding hydrogens is 765 g/mol. The normalized spacial score (nSPS) is 21.5. The Morgan fingerprint density at radius 3 is 0.632 bits per heavy atom. The minimum absolute atomic E-state index is 0.0259. The van der Waals surface area contributed by atoms with E-state index in [1.54, 1.807) is 21.3 Å². The second kappa shape index (κ2) is 17.0. The number of hydrogen-bond donors (Lipinski definition) is 0. The number of rotatable bonds is 15. The van der Waals surface area contributed by atoms with Gasteiger partial charge in [-0.2, -0.15) is 0 Å². The highest BCUT2D eigenvalue weighted by atomic mass is 31.2. The molecule has 0 bridgehead atoms. The van der Waals surface area contributed by atoms with Crippen molar-refractivity contribution in [1.82, 2.24) is 0 Å². The van der Waals surface area contributed by atoms with Crippen LogP contribution in [0.2, 0.25) is 0 Å². The first kappa shape index (κ1) is 41.1. The van der Waals surface area contributed by atoms with Crippen LogP contribution in [0.3, 0.4) is 0 Å². The van der Waals surface area contributed by atoms with Crippen molar-refractivity contribution < 1.29 is 27.9 Å². The Labute approximate surface area is 337 Å². The molecule has 1 saturated carbocycles. The molecule has 9 heteroatoms. The molecule has 7 rings (SSSR count). The first-order chi connectivity index (χ1) is 27.7. The van der Waals surface area contributed by atoms with E-state index in [2.05, 4.69) is 0 Å². The highest BCUT2D eigenvalue weighted by molar-refractivity contribution is 7.82. The van der Waals surface area contributed by atoms with E-state index in [-0.39, 0.29) is 39.1 Å². The van der Waals surface area contributed by atoms with E-state index in [1.165, 1.54) is 0 Å². The monoisotopic (exact) mass is 816 g/mol. The molecule has 0 atom stereocenters. The van der Waals surface area contributed by atoms with Crippen LogP contribution in [-0.4, -0.2) is 56.6 Å². The second-order valence-electron chi connectivity index (χ2n) is 15.3. The van der Waals surface area contributed by atoms with Crippen molar-refractivity contribution in [3.63, 3.8) is 0 Å². The molecule has 1 aliphatic rings. The van der Waals surface area contributed by atoms with Gasteiger partial charge in [-0.05, 0) is 19.3 Å². The van der Waals surface area contributed by atoms with Gasteiger partial charge in [-0.25, -0.2) is 0 Å². The fourth-order valence-electron chi connectivity index (χ4n) is 10.00. The summed E-state index contributed by atoms with van der Waals surface area (Å²) in [6.45, 7) is 0.0778. The molecule has 0 radical (unpaired) electrons. The fourth-order valence-corrected chi connectivity index (χ4v) is 22.2. The molecule has 6 nitrogen and oxygen atoms in total. The lowest BCUT2D eigenvalue weighted by atomic mass is 9.73. The molecule has 57 heavy (non-hydrogen) atoms. The van der Waals surface area contributed by atoms with Crippen molar-refractivity contribution in [3.05, 3.63) is 182 Å². The van der Waals surface area contributed by atoms with Crippen molar-refractivity contribution >= 4 is 53.3 Å². The third-order valence-corrected chi connectivity index (χ3v) is 23.4. The number of benzene rings is 6. The molecule has 1 fully saturated rings. The van der Waals surface area contributed by atoms with Gasteiger partial charge in [-0.3, -0.25) is 0 Å². The Balaban J connectivity index is 1.70. The van der Waals surface area contributed by atoms with Gasteiger partial charge in [-0.1, -0.05) is 182 Å². The van der Waals surface area contributed by atoms with Gasteiger partial charge in [0.1, 0.15) is 0 Å². The van der Waals surface area contributed by atoms with Crippen molar-refractivity contribution in [1.29, 1.82) is 0 Å². The average Bonchev–Trinajstić information content (AvgIpc) is 3.27. The average molecular weight is 817 g/mol. The standard InChI is InChI=1S/C48H51O6P3/c1-52-37-46(55(49,40-22-10-4-11-23-40)41-24-12-5-13-25-41)34-47(38-53-2,56(50,42-26-14-6-15-27-42)43-28-16-7-17-29-43)36-48(35-46,39-54-3)57(51,44-30-18-8-19-31-44)45-32-20-9-21-33-45/h4-33H,34-39H2,1-3H3. The minimum Gasteiger partial charge on any atom is -0.384 e. The summed E-state index contributed by atoms with van der Waals surface area (Å²) in [5.74, 6) is 0. The van der Waals surface area contributed by atoms with E-state index < -0.39 is 36.9 Å². The first-order valence-electron chi connectivity index (χ1n) is 19.3. The van der Waals surface area contributed by atoms with Crippen molar-refractivity contribution in [2.24, 2.45) is 0 Å². The molecule has 0 unspecified atom stereocenters. The summed E-state index contributed by atoms with van der Waals surface area (Å²) in [6.07, 6.45) is 0.538. The molecule has 0 aliphatic heterocycles. The quantitative estimate of drug-likeness (QED) is 0.0971.